The Morgan fingerprint density at radius 2 is 1.83 bits per heavy atom. The van der Waals surface area contributed by atoms with Crippen LogP contribution < -0.4 is 10.2 Å². The van der Waals surface area contributed by atoms with Crippen LogP contribution in [-0.2, 0) is 18.0 Å². The summed E-state index contributed by atoms with van der Waals surface area (Å²) in [6, 6.07) is 23.4. The van der Waals surface area contributed by atoms with Gasteiger partial charge in [0.2, 0.25) is 0 Å². The van der Waals surface area contributed by atoms with Gasteiger partial charge in [0.05, 0.1) is 11.0 Å². The molecule has 1 aliphatic rings. The molecule has 0 bridgehead atoms. The van der Waals surface area contributed by atoms with Gasteiger partial charge in [0.1, 0.15) is 6.61 Å². The van der Waals surface area contributed by atoms with Crippen molar-refractivity contribution in [2.75, 3.05) is 0 Å². The summed E-state index contributed by atoms with van der Waals surface area (Å²) in [7, 11) is 0. The van der Waals surface area contributed by atoms with Gasteiger partial charge in [-0.15, -0.1) is 0 Å². The van der Waals surface area contributed by atoms with Crippen LogP contribution in [0.3, 0.4) is 0 Å². The number of ketones is 1. The normalized spacial score (nSPS) is 12.3. The molecule has 0 saturated carbocycles. The molecule has 0 aliphatic carbocycles. The van der Waals surface area contributed by atoms with Crippen LogP contribution in [0.2, 0.25) is 0 Å². The summed E-state index contributed by atoms with van der Waals surface area (Å²) in [6.45, 7) is 0.734. The van der Waals surface area contributed by atoms with Gasteiger partial charge in [-0.2, -0.15) is 4.89 Å². The number of aromatic amines is 1. The Labute approximate surface area is 199 Å². The van der Waals surface area contributed by atoms with Crippen molar-refractivity contribution in [2.45, 2.75) is 13.2 Å². The predicted molar refractivity (Wildman–Crippen MR) is 127 cm³/mol. The molecule has 0 spiro atoms. The number of imidazole rings is 1. The Bertz CT molecular complexity index is 1570. The Morgan fingerprint density at radius 1 is 0.943 bits per heavy atom. The molecule has 0 saturated heterocycles. The largest absolute Gasteiger partial charge is 0.448 e. The van der Waals surface area contributed by atoms with Crippen LogP contribution >= 0.6 is 0 Å². The van der Waals surface area contributed by atoms with Crippen LogP contribution in [0, 0.1) is 0 Å². The van der Waals surface area contributed by atoms with E-state index in [4.69, 9.17) is 14.2 Å². The molecule has 2 N–H and O–H groups in total. The van der Waals surface area contributed by atoms with Crippen LogP contribution in [0.15, 0.2) is 83.3 Å². The highest BCUT2D eigenvalue weighted by Gasteiger charge is 2.17. The Balaban J connectivity index is 1.17. The molecule has 0 atom stereocenters. The van der Waals surface area contributed by atoms with Crippen molar-refractivity contribution in [2.24, 2.45) is 0 Å². The third-order valence-electron chi connectivity index (χ3n) is 5.79. The highest BCUT2D eigenvalue weighted by Crippen LogP contribution is 2.27. The van der Waals surface area contributed by atoms with Gasteiger partial charge >= 0.3 is 0 Å². The number of furan rings is 1. The zero-order valence-corrected chi connectivity index (χ0v) is 18.4. The summed E-state index contributed by atoms with van der Waals surface area (Å²) in [5.41, 5.74) is 4.40. The first-order valence-corrected chi connectivity index (χ1v) is 11.0. The number of benzene rings is 3. The molecule has 8 nitrogen and oxygen atoms in total. The lowest BCUT2D eigenvalue weighted by atomic mass is 10.0. The highest BCUT2D eigenvalue weighted by molar-refractivity contribution is 6.10. The fourth-order valence-corrected chi connectivity index (χ4v) is 3.94. The van der Waals surface area contributed by atoms with Crippen molar-refractivity contribution in [3.63, 3.8) is 0 Å². The lowest BCUT2D eigenvalue weighted by Crippen LogP contribution is -2.22. The zero-order chi connectivity index (χ0) is 23.8. The number of hydrogen-bond donors (Lipinski definition) is 2. The van der Waals surface area contributed by atoms with E-state index in [-0.39, 0.29) is 17.5 Å². The van der Waals surface area contributed by atoms with Crippen molar-refractivity contribution in [3.05, 3.63) is 107 Å². The van der Waals surface area contributed by atoms with Gasteiger partial charge in [0.15, 0.2) is 28.9 Å². The molecular formula is C27H19N3O5. The van der Waals surface area contributed by atoms with E-state index >= 15 is 0 Å². The van der Waals surface area contributed by atoms with E-state index in [1.165, 1.54) is 0 Å². The van der Waals surface area contributed by atoms with E-state index in [0.29, 0.717) is 47.1 Å². The van der Waals surface area contributed by atoms with Crippen molar-refractivity contribution in [1.29, 1.82) is 0 Å². The van der Waals surface area contributed by atoms with Gasteiger partial charge in [0, 0.05) is 23.2 Å². The van der Waals surface area contributed by atoms with E-state index < -0.39 is 0 Å². The standard InChI is InChI=1S/C27H19N3O5/c31-25(17-4-2-1-3-5-17)18-8-9-20-21(13-18)30-26(29-20)22-10-11-23(34-22)27(32)28-14-16-6-7-19-15-33-35-24(19)12-16/h1-13H,14-15H2,(H,28,32)(H,29,30). The Kier molecular flexibility index (Phi) is 5.12. The summed E-state index contributed by atoms with van der Waals surface area (Å²) in [5, 5.41) is 2.84. The minimum absolute atomic E-state index is 0.0727. The Hall–Kier alpha value is -4.69. The molecule has 0 fully saturated rings. The maximum Gasteiger partial charge on any atom is 0.287 e. The molecule has 6 rings (SSSR count). The van der Waals surface area contributed by atoms with E-state index in [2.05, 4.69) is 15.3 Å². The monoisotopic (exact) mass is 465 g/mol. The molecule has 35 heavy (non-hydrogen) atoms. The molecule has 8 heteroatoms. The number of nitrogens with one attached hydrogen (secondary N) is 2. The molecule has 0 unspecified atom stereocenters. The van der Waals surface area contributed by atoms with Crippen LogP contribution in [0.25, 0.3) is 22.6 Å². The van der Waals surface area contributed by atoms with Gasteiger partial charge in [0.25, 0.3) is 5.91 Å². The lowest BCUT2D eigenvalue weighted by molar-refractivity contribution is -0.194. The van der Waals surface area contributed by atoms with Gasteiger partial charge < -0.3 is 19.6 Å². The summed E-state index contributed by atoms with van der Waals surface area (Å²) in [4.78, 5) is 43.1. The number of fused-ring (bicyclic) bond motifs is 2. The van der Waals surface area contributed by atoms with Crippen molar-refractivity contribution < 1.29 is 23.8 Å². The second kappa shape index (κ2) is 8.58. The quantitative estimate of drug-likeness (QED) is 0.275. The molecule has 3 aromatic carbocycles. The highest BCUT2D eigenvalue weighted by atomic mass is 17.2. The zero-order valence-electron chi connectivity index (χ0n) is 18.4. The topological polar surface area (TPSA) is 106 Å². The first-order chi connectivity index (χ1) is 17.1. The average Bonchev–Trinajstić information content (AvgIpc) is 3.65. The number of amides is 1. The van der Waals surface area contributed by atoms with E-state index in [0.717, 1.165) is 16.6 Å². The maximum absolute atomic E-state index is 12.8. The van der Waals surface area contributed by atoms with Crippen molar-refractivity contribution >= 4 is 22.7 Å². The summed E-state index contributed by atoms with van der Waals surface area (Å²) in [5.74, 6) is 1.30. The summed E-state index contributed by atoms with van der Waals surface area (Å²) in [6.07, 6.45) is 0. The molecule has 1 aliphatic heterocycles. The summed E-state index contributed by atoms with van der Waals surface area (Å²) < 4.78 is 5.75. The first-order valence-electron chi connectivity index (χ1n) is 11.0. The van der Waals surface area contributed by atoms with Gasteiger partial charge in [-0.3, -0.25) is 9.59 Å². The van der Waals surface area contributed by atoms with Gasteiger partial charge in [-0.05, 0) is 42.0 Å². The average molecular weight is 465 g/mol. The maximum atomic E-state index is 12.8. The molecule has 2 aromatic heterocycles. The van der Waals surface area contributed by atoms with Gasteiger partial charge in [-0.25, -0.2) is 4.98 Å². The number of hydrogen-bond acceptors (Lipinski definition) is 6. The molecule has 3 heterocycles. The minimum Gasteiger partial charge on any atom is -0.448 e. The van der Waals surface area contributed by atoms with E-state index in [1.54, 1.807) is 36.4 Å². The fraction of sp³-hybridized carbons (Fsp3) is 0.0741. The SMILES string of the molecule is O=C(c1ccccc1)c1ccc2[nH]c(-c3ccc(C(=O)NCc4ccc5c(c4)OOC5)o3)nc2c1. The molecular weight excluding hydrogens is 446 g/mol. The molecule has 172 valence electrons. The van der Waals surface area contributed by atoms with Crippen LogP contribution in [-0.4, -0.2) is 21.7 Å². The third kappa shape index (κ3) is 4.07. The molecule has 5 aromatic rings. The number of carbonyl (C=O) groups is 2. The third-order valence-corrected chi connectivity index (χ3v) is 5.79. The number of H-pyrrole nitrogens is 1. The van der Waals surface area contributed by atoms with E-state index in [1.807, 2.05) is 42.5 Å². The van der Waals surface area contributed by atoms with Crippen LogP contribution in [0.4, 0.5) is 0 Å². The Morgan fingerprint density at radius 3 is 2.71 bits per heavy atom. The summed E-state index contributed by atoms with van der Waals surface area (Å²) >= 11 is 0. The van der Waals surface area contributed by atoms with Crippen LogP contribution in [0.5, 0.6) is 5.75 Å². The number of nitrogens with zero attached hydrogens (tertiary/aromatic N) is 1. The minimum atomic E-state index is -0.347. The number of carbonyl (C=O) groups excluding carboxylic acids is 2. The second-order valence-electron chi connectivity index (χ2n) is 8.15. The van der Waals surface area contributed by atoms with Crippen LogP contribution in [0.1, 0.15) is 37.6 Å². The predicted octanol–water partition coefficient (Wildman–Crippen LogP) is 4.81. The molecule has 1 amide bonds. The van der Waals surface area contributed by atoms with E-state index in [9.17, 15) is 9.59 Å². The van der Waals surface area contributed by atoms with Crippen molar-refractivity contribution in [3.8, 4) is 17.3 Å². The number of rotatable bonds is 6. The first kappa shape index (κ1) is 20.9. The van der Waals surface area contributed by atoms with Crippen molar-refractivity contribution in [1.82, 2.24) is 15.3 Å². The molecule has 0 radical (unpaired) electrons. The van der Waals surface area contributed by atoms with Gasteiger partial charge in [-0.1, -0.05) is 42.5 Å². The fourth-order valence-electron chi connectivity index (χ4n) is 3.94. The smallest absolute Gasteiger partial charge is 0.287 e. The lowest BCUT2D eigenvalue weighted by Gasteiger charge is -2.04. The second-order valence-corrected chi connectivity index (χ2v) is 8.15. The number of aromatic nitrogens is 2.